The van der Waals surface area contributed by atoms with E-state index in [9.17, 15) is 0 Å². The van der Waals surface area contributed by atoms with E-state index in [-0.39, 0.29) is 0 Å². The van der Waals surface area contributed by atoms with Crippen LogP contribution in [-0.4, -0.2) is 18.6 Å². The molecule has 0 spiro atoms. The highest BCUT2D eigenvalue weighted by Gasteiger charge is 2.06. The van der Waals surface area contributed by atoms with Crippen LogP contribution in [0.3, 0.4) is 0 Å². The number of rotatable bonds is 6. The van der Waals surface area contributed by atoms with Crippen LogP contribution in [0.1, 0.15) is 16.1 Å². The summed E-state index contributed by atoms with van der Waals surface area (Å²) in [6.45, 7) is 3.52. The molecule has 0 aliphatic rings. The first-order valence-electron chi connectivity index (χ1n) is 6.15. The highest BCUT2D eigenvalue weighted by atomic mass is 79.9. The van der Waals surface area contributed by atoms with Crippen LogP contribution >= 0.6 is 27.3 Å². The van der Waals surface area contributed by atoms with Crippen LogP contribution in [0.2, 0.25) is 0 Å². The largest absolute Gasteiger partial charge is 0.493 e. The van der Waals surface area contributed by atoms with Gasteiger partial charge < -0.3 is 10.1 Å². The molecule has 0 saturated carbocycles. The molecule has 1 aromatic carbocycles. The molecule has 0 saturated heterocycles. The summed E-state index contributed by atoms with van der Waals surface area (Å²) in [7, 11) is 1.94. The number of aromatic nitrogens is 1. The van der Waals surface area contributed by atoms with Gasteiger partial charge in [-0.2, -0.15) is 0 Å². The van der Waals surface area contributed by atoms with Gasteiger partial charge in [-0.3, -0.25) is 0 Å². The second-order valence-corrected chi connectivity index (χ2v) is 6.10. The Morgan fingerprint density at radius 2 is 2.26 bits per heavy atom. The fourth-order valence-electron chi connectivity index (χ4n) is 1.84. The van der Waals surface area contributed by atoms with E-state index in [1.54, 1.807) is 11.3 Å². The molecule has 0 amide bonds. The summed E-state index contributed by atoms with van der Waals surface area (Å²) in [5, 5.41) is 3.16. The normalized spacial score (nSPS) is 10.7. The molecule has 0 bridgehead atoms. The molecular weight excluding hydrogens is 324 g/mol. The van der Waals surface area contributed by atoms with Gasteiger partial charge in [-0.1, -0.05) is 15.9 Å². The molecule has 2 aromatic rings. The quantitative estimate of drug-likeness (QED) is 0.872. The number of ether oxygens (including phenoxy) is 1. The topological polar surface area (TPSA) is 34.1 Å². The van der Waals surface area contributed by atoms with Gasteiger partial charge in [0, 0.05) is 27.9 Å². The van der Waals surface area contributed by atoms with Crippen molar-refractivity contribution in [2.45, 2.75) is 19.9 Å². The van der Waals surface area contributed by atoms with Gasteiger partial charge >= 0.3 is 0 Å². The molecule has 102 valence electrons. The Labute approximate surface area is 126 Å². The number of halogens is 1. The van der Waals surface area contributed by atoms with Crippen LogP contribution in [0.25, 0.3) is 0 Å². The van der Waals surface area contributed by atoms with Crippen molar-refractivity contribution >= 4 is 27.3 Å². The number of nitrogens with zero attached hydrogens (tertiary/aromatic N) is 1. The molecule has 0 fully saturated rings. The van der Waals surface area contributed by atoms with E-state index < -0.39 is 0 Å². The van der Waals surface area contributed by atoms with Gasteiger partial charge in [-0.25, -0.2) is 4.98 Å². The van der Waals surface area contributed by atoms with E-state index in [0.717, 1.165) is 34.4 Å². The van der Waals surface area contributed by atoms with Gasteiger partial charge in [-0.15, -0.1) is 11.3 Å². The molecule has 5 heteroatoms. The zero-order valence-electron chi connectivity index (χ0n) is 11.1. The van der Waals surface area contributed by atoms with Crippen molar-refractivity contribution in [2.75, 3.05) is 13.7 Å². The summed E-state index contributed by atoms with van der Waals surface area (Å²) in [6, 6.07) is 6.10. The van der Waals surface area contributed by atoms with Gasteiger partial charge in [0.1, 0.15) is 5.75 Å². The summed E-state index contributed by atoms with van der Waals surface area (Å²) in [6.07, 6.45) is 0.908. The van der Waals surface area contributed by atoms with Crippen LogP contribution in [0.4, 0.5) is 0 Å². The third-order valence-corrected chi connectivity index (χ3v) is 4.31. The molecule has 1 heterocycles. The van der Waals surface area contributed by atoms with E-state index in [1.165, 1.54) is 4.88 Å². The van der Waals surface area contributed by atoms with E-state index in [1.807, 2.05) is 31.6 Å². The van der Waals surface area contributed by atoms with E-state index >= 15 is 0 Å². The Balaban J connectivity index is 1.97. The highest BCUT2D eigenvalue weighted by molar-refractivity contribution is 9.10. The first kappa shape index (κ1) is 14.5. The molecule has 0 aliphatic carbocycles. The monoisotopic (exact) mass is 340 g/mol. The zero-order chi connectivity index (χ0) is 13.7. The minimum absolute atomic E-state index is 0.682. The molecule has 19 heavy (non-hydrogen) atoms. The van der Waals surface area contributed by atoms with Gasteiger partial charge in [0.05, 0.1) is 17.8 Å². The van der Waals surface area contributed by atoms with Gasteiger partial charge in [0.25, 0.3) is 0 Å². The number of nitrogens with one attached hydrogen (secondary N) is 1. The third-order valence-electron chi connectivity index (χ3n) is 2.82. The number of hydrogen-bond donors (Lipinski definition) is 1. The summed E-state index contributed by atoms with van der Waals surface area (Å²) < 4.78 is 6.96. The van der Waals surface area contributed by atoms with Crippen molar-refractivity contribution in [3.8, 4) is 5.75 Å². The van der Waals surface area contributed by atoms with Crippen LogP contribution in [0.5, 0.6) is 5.75 Å². The lowest BCUT2D eigenvalue weighted by atomic mass is 10.2. The average molecular weight is 341 g/mol. The predicted molar refractivity (Wildman–Crippen MR) is 83.0 cm³/mol. The smallest absolute Gasteiger partial charge is 0.123 e. The number of benzene rings is 1. The Kier molecular flexibility index (Phi) is 5.36. The average Bonchev–Trinajstić information content (AvgIpc) is 2.78. The Hall–Kier alpha value is -0.910. The summed E-state index contributed by atoms with van der Waals surface area (Å²) in [5.41, 5.74) is 4.16. The Bertz CT molecular complexity index is 542. The maximum Gasteiger partial charge on any atom is 0.123 e. The number of thiazole rings is 1. The minimum atomic E-state index is 0.682. The lowest BCUT2D eigenvalue weighted by molar-refractivity contribution is 0.318. The predicted octanol–water partition coefficient (Wildman–Crippen LogP) is 3.55. The standard InChI is InChI=1S/C14H17BrN2OS/c1-10-14(19-9-17-10)5-6-18-13-4-3-12(15)7-11(13)8-16-2/h3-4,7,9,16H,5-6,8H2,1-2H3. The molecule has 0 radical (unpaired) electrons. The lowest BCUT2D eigenvalue weighted by Gasteiger charge is -2.11. The van der Waals surface area contributed by atoms with Crippen molar-refractivity contribution in [1.82, 2.24) is 10.3 Å². The van der Waals surface area contributed by atoms with E-state index in [4.69, 9.17) is 4.74 Å². The lowest BCUT2D eigenvalue weighted by Crippen LogP contribution is -2.09. The molecule has 1 N–H and O–H groups in total. The fraction of sp³-hybridized carbons (Fsp3) is 0.357. The van der Waals surface area contributed by atoms with Crippen LogP contribution in [0, 0.1) is 6.92 Å². The molecule has 2 rings (SSSR count). The second kappa shape index (κ2) is 7.03. The van der Waals surface area contributed by atoms with Gasteiger partial charge in [-0.05, 0) is 32.2 Å². The van der Waals surface area contributed by atoms with Crippen molar-refractivity contribution in [1.29, 1.82) is 0 Å². The van der Waals surface area contributed by atoms with E-state index in [0.29, 0.717) is 6.61 Å². The van der Waals surface area contributed by atoms with Crippen LogP contribution in [0.15, 0.2) is 28.2 Å². The molecule has 0 atom stereocenters. The minimum Gasteiger partial charge on any atom is -0.493 e. The van der Waals surface area contributed by atoms with Gasteiger partial charge in [0.15, 0.2) is 0 Å². The fourth-order valence-corrected chi connectivity index (χ4v) is 3.01. The van der Waals surface area contributed by atoms with Crippen LogP contribution in [-0.2, 0) is 13.0 Å². The number of hydrogen-bond acceptors (Lipinski definition) is 4. The van der Waals surface area contributed by atoms with Crippen molar-refractivity contribution in [2.24, 2.45) is 0 Å². The molecule has 0 unspecified atom stereocenters. The van der Waals surface area contributed by atoms with Crippen molar-refractivity contribution in [3.63, 3.8) is 0 Å². The van der Waals surface area contributed by atoms with Crippen molar-refractivity contribution in [3.05, 3.63) is 44.3 Å². The molecular formula is C14H17BrN2OS. The van der Waals surface area contributed by atoms with Crippen LogP contribution < -0.4 is 10.1 Å². The first-order chi connectivity index (χ1) is 9.20. The molecule has 3 nitrogen and oxygen atoms in total. The van der Waals surface area contributed by atoms with Gasteiger partial charge in [0.2, 0.25) is 0 Å². The maximum atomic E-state index is 5.89. The Morgan fingerprint density at radius 1 is 1.42 bits per heavy atom. The Morgan fingerprint density at radius 3 is 2.95 bits per heavy atom. The molecule has 0 aliphatic heterocycles. The summed E-state index contributed by atoms with van der Waals surface area (Å²) >= 11 is 5.18. The van der Waals surface area contributed by atoms with Crippen molar-refractivity contribution < 1.29 is 4.74 Å². The SMILES string of the molecule is CNCc1cc(Br)ccc1OCCc1scnc1C. The summed E-state index contributed by atoms with van der Waals surface area (Å²) in [5.74, 6) is 0.944. The maximum absolute atomic E-state index is 5.89. The van der Waals surface area contributed by atoms with E-state index in [2.05, 4.69) is 32.3 Å². The first-order valence-corrected chi connectivity index (χ1v) is 7.82. The highest BCUT2D eigenvalue weighted by Crippen LogP contribution is 2.23. The zero-order valence-corrected chi connectivity index (χ0v) is 13.5. The third kappa shape index (κ3) is 4.03. The second-order valence-electron chi connectivity index (χ2n) is 4.24. The number of aryl methyl sites for hydroxylation is 1. The molecule has 1 aromatic heterocycles. The summed E-state index contributed by atoms with van der Waals surface area (Å²) in [4.78, 5) is 5.55.